The van der Waals surface area contributed by atoms with Gasteiger partial charge in [-0.05, 0) is 31.7 Å². The van der Waals surface area contributed by atoms with Crippen LogP contribution in [0, 0.1) is 6.92 Å². The quantitative estimate of drug-likeness (QED) is 0.764. The van der Waals surface area contributed by atoms with E-state index in [-0.39, 0.29) is 6.04 Å². The van der Waals surface area contributed by atoms with Gasteiger partial charge in [-0.3, -0.25) is 0 Å². The molecule has 1 N–H and O–H groups in total. The van der Waals surface area contributed by atoms with E-state index < -0.39 is 0 Å². The first-order chi connectivity index (χ1) is 9.29. The molecule has 19 heavy (non-hydrogen) atoms. The number of hydrogen-bond acceptors (Lipinski definition) is 3. The first kappa shape index (κ1) is 12.1. The predicted molar refractivity (Wildman–Crippen MR) is 75.2 cm³/mol. The molecule has 3 aromatic rings. The van der Waals surface area contributed by atoms with Gasteiger partial charge in [0.25, 0.3) is 0 Å². The molecule has 98 valence electrons. The minimum Gasteiger partial charge on any atom is -0.469 e. The fourth-order valence-corrected chi connectivity index (χ4v) is 2.41. The molecular weight excluding hydrogens is 238 g/mol. The summed E-state index contributed by atoms with van der Waals surface area (Å²) in [5, 5.41) is 4.58. The van der Waals surface area contributed by atoms with Crippen LogP contribution in [-0.2, 0) is 0 Å². The number of rotatable bonds is 4. The highest BCUT2D eigenvalue weighted by Gasteiger charge is 2.20. The Morgan fingerprint density at radius 1 is 1.21 bits per heavy atom. The van der Waals surface area contributed by atoms with Gasteiger partial charge in [-0.25, -0.2) is 0 Å². The maximum Gasteiger partial charge on any atom is 0.134 e. The molecule has 3 rings (SSSR count). The van der Waals surface area contributed by atoms with E-state index in [1.165, 1.54) is 0 Å². The number of nitrogens with one attached hydrogen (secondary N) is 1. The van der Waals surface area contributed by atoms with E-state index in [9.17, 15) is 0 Å². The van der Waals surface area contributed by atoms with Gasteiger partial charge in [0.2, 0.25) is 0 Å². The SMILES string of the molecule is CCNC(c1cc2ccccc2o1)c1ccoc1C. The second kappa shape index (κ2) is 4.94. The third-order valence-corrected chi connectivity index (χ3v) is 3.35. The van der Waals surface area contributed by atoms with E-state index in [4.69, 9.17) is 8.83 Å². The molecule has 0 bridgehead atoms. The average Bonchev–Trinajstić information content (AvgIpc) is 3.02. The molecule has 3 heteroatoms. The van der Waals surface area contributed by atoms with Gasteiger partial charge in [0, 0.05) is 10.9 Å². The van der Waals surface area contributed by atoms with Crippen molar-refractivity contribution in [3.05, 3.63) is 59.7 Å². The number of benzene rings is 1. The van der Waals surface area contributed by atoms with Gasteiger partial charge < -0.3 is 14.2 Å². The molecule has 0 aliphatic rings. The lowest BCUT2D eigenvalue weighted by atomic mass is 10.1. The van der Waals surface area contributed by atoms with E-state index in [2.05, 4.69) is 24.4 Å². The summed E-state index contributed by atoms with van der Waals surface area (Å²) in [4.78, 5) is 0. The minimum absolute atomic E-state index is 0.0381. The highest BCUT2D eigenvalue weighted by atomic mass is 16.3. The standard InChI is InChI=1S/C16H17NO2/c1-3-17-16(13-8-9-18-11(13)2)15-10-12-6-4-5-7-14(12)19-15/h4-10,16-17H,3H2,1-2H3. The molecule has 1 aromatic carbocycles. The van der Waals surface area contributed by atoms with Crippen molar-refractivity contribution in [2.24, 2.45) is 0 Å². The number of aryl methyl sites for hydroxylation is 1. The summed E-state index contributed by atoms with van der Waals surface area (Å²) in [6, 6.07) is 12.2. The number of hydrogen-bond donors (Lipinski definition) is 1. The highest BCUT2D eigenvalue weighted by Crippen LogP contribution is 2.30. The average molecular weight is 255 g/mol. The van der Waals surface area contributed by atoms with Gasteiger partial charge in [0.15, 0.2) is 0 Å². The van der Waals surface area contributed by atoms with Crippen molar-refractivity contribution in [2.45, 2.75) is 19.9 Å². The topological polar surface area (TPSA) is 38.3 Å². The fraction of sp³-hybridized carbons (Fsp3) is 0.250. The summed E-state index contributed by atoms with van der Waals surface area (Å²) in [5.41, 5.74) is 2.04. The molecule has 3 nitrogen and oxygen atoms in total. The summed E-state index contributed by atoms with van der Waals surface area (Å²) in [7, 11) is 0. The molecule has 2 heterocycles. The molecule has 1 atom stereocenters. The second-order valence-electron chi connectivity index (χ2n) is 4.61. The second-order valence-corrected chi connectivity index (χ2v) is 4.61. The maximum absolute atomic E-state index is 5.96. The van der Waals surface area contributed by atoms with E-state index in [1.54, 1.807) is 6.26 Å². The van der Waals surface area contributed by atoms with Gasteiger partial charge in [0.1, 0.15) is 17.1 Å². The Morgan fingerprint density at radius 2 is 2.05 bits per heavy atom. The third-order valence-electron chi connectivity index (χ3n) is 3.35. The number of para-hydroxylation sites is 1. The maximum atomic E-state index is 5.96. The molecule has 1 unspecified atom stereocenters. The smallest absolute Gasteiger partial charge is 0.134 e. The van der Waals surface area contributed by atoms with Gasteiger partial charge in [-0.1, -0.05) is 25.1 Å². The van der Waals surface area contributed by atoms with Gasteiger partial charge >= 0.3 is 0 Å². The van der Waals surface area contributed by atoms with Crippen molar-refractivity contribution in [2.75, 3.05) is 6.54 Å². The molecule has 0 radical (unpaired) electrons. The van der Waals surface area contributed by atoms with Crippen LogP contribution < -0.4 is 5.32 Å². The molecular formula is C16H17NO2. The Labute approximate surface area is 112 Å². The monoisotopic (exact) mass is 255 g/mol. The van der Waals surface area contributed by atoms with Crippen LogP contribution in [-0.4, -0.2) is 6.54 Å². The molecule has 2 aromatic heterocycles. The summed E-state index contributed by atoms with van der Waals surface area (Å²) < 4.78 is 11.4. The molecule has 0 saturated heterocycles. The summed E-state index contributed by atoms with van der Waals surface area (Å²) in [5.74, 6) is 1.85. The predicted octanol–water partition coefficient (Wildman–Crippen LogP) is 4.03. The number of furan rings is 2. The van der Waals surface area contributed by atoms with Crippen LogP contribution in [0.3, 0.4) is 0 Å². The zero-order valence-corrected chi connectivity index (χ0v) is 11.1. The molecule has 0 fully saturated rings. The van der Waals surface area contributed by atoms with Crippen LogP contribution in [0.15, 0.2) is 51.5 Å². The van der Waals surface area contributed by atoms with Crippen molar-refractivity contribution in [1.82, 2.24) is 5.32 Å². The van der Waals surface area contributed by atoms with Crippen LogP contribution in [0.25, 0.3) is 11.0 Å². The van der Waals surface area contributed by atoms with Crippen molar-refractivity contribution < 1.29 is 8.83 Å². The molecule has 0 aliphatic heterocycles. The Kier molecular flexibility index (Phi) is 3.13. The van der Waals surface area contributed by atoms with E-state index in [1.807, 2.05) is 31.2 Å². The summed E-state index contributed by atoms with van der Waals surface area (Å²) >= 11 is 0. The van der Waals surface area contributed by atoms with Crippen molar-refractivity contribution in [3.8, 4) is 0 Å². The summed E-state index contributed by atoms with van der Waals surface area (Å²) in [6.45, 7) is 4.93. The Hall–Kier alpha value is -2.00. The zero-order chi connectivity index (χ0) is 13.2. The molecule has 0 spiro atoms. The van der Waals surface area contributed by atoms with E-state index in [0.717, 1.165) is 34.6 Å². The van der Waals surface area contributed by atoms with E-state index >= 15 is 0 Å². The molecule has 0 saturated carbocycles. The van der Waals surface area contributed by atoms with Gasteiger partial charge in [-0.15, -0.1) is 0 Å². The lowest BCUT2D eigenvalue weighted by Gasteiger charge is -2.14. The Bertz CT molecular complexity index is 648. The van der Waals surface area contributed by atoms with Crippen LogP contribution in [0.2, 0.25) is 0 Å². The zero-order valence-electron chi connectivity index (χ0n) is 11.1. The van der Waals surface area contributed by atoms with Gasteiger partial charge in [-0.2, -0.15) is 0 Å². The van der Waals surface area contributed by atoms with Crippen LogP contribution >= 0.6 is 0 Å². The van der Waals surface area contributed by atoms with Crippen molar-refractivity contribution >= 4 is 11.0 Å². The fourth-order valence-electron chi connectivity index (χ4n) is 2.41. The van der Waals surface area contributed by atoms with E-state index in [0.29, 0.717) is 0 Å². The first-order valence-electron chi connectivity index (χ1n) is 6.55. The summed E-state index contributed by atoms with van der Waals surface area (Å²) in [6.07, 6.45) is 1.72. The third kappa shape index (κ3) is 2.17. The lowest BCUT2D eigenvalue weighted by molar-refractivity contribution is 0.465. The van der Waals surface area contributed by atoms with Crippen molar-refractivity contribution in [1.29, 1.82) is 0 Å². The number of fused-ring (bicyclic) bond motifs is 1. The van der Waals surface area contributed by atoms with Crippen molar-refractivity contribution in [3.63, 3.8) is 0 Å². The Morgan fingerprint density at radius 3 is 2.74 bits per heavy atom. The molecule has 0 amide bonds. The van der Waals surface area contributed by atoms with Crippen LogP contribution in [0.5, 0.6) is 0 Å². The molecule has 0 aliphatic carbocycles. The Balaban J connectivity index is 2.07. The van der Waals surface area contributed by atoms with Crippen LogP contribution in [0.4, 0.5) is 0 Å². The minimum atomic E-state index is 0.0381. The van der Waals surface area contributed by atoms with Crippen LogP contribution in [0.1, 0.15) is 30.0 Å². The van der Waals surface area contributed by atoms with Gasteiger partial charge in [0.05, 0.1) is 12.3 Å². The largest absolute Gasteiger partial charge is 0.469 e. The lowest BCUT2D eigenvalue weighted by Crippen LogP contribution is -2.21. The highest BCUT2D eigenvalue weighted by molar-refractivity contribution is 5.78. The first-order valence-corrected chi connectivity index (χ1v) is 6.55. The normalized spacial score (nSPS) is 12.9.